The Balaban J connectivity index is 2.09. The molecule has 1 unspecified atom stereocenters. The smallest absolute Gasteiger partial charge is 0.211 e. The van der Waals surface area contributed by atoms with Crippen LogP contribution in [0, 0.1) is 5.41 Å². The fraction of sp³-hybridized carbons (Fsp3) is 0.278. The molecule has 2 nitrogen and oxygen atoms in total. The molecule has 0 aliphatic carbocycles. The first-order valence-corrected chi connectivity index (χ1v) is 9.28. The zero-order valence-electron chi connectivity index (χ0n) is 13.2. The van der Waals surface area contributed by atoms with Crippen LogP contribution in [0.3, 0.4) is 0 Å². The number of hydrogen-bond donors (Lipinski definition) is 0. The van der Waals surface area contributed by atoms with Crippen LogP contribution in [0.15, 0.2) is 42.5 Å². The summed E-state index contributed by atoms with van der Waals surface area (Å²) in [5.74, 6) is 0.485. The maximum Gasteiger partial charge on any atom is 0.211 e. The van der Waals surface area contributed by atoms with Crippen LogP contribution >= 0.6 is 50.7 Å². The van der Waals surface area contributed by atoms with Gasteiger partial charge >= 0.3 is 0 Å². The summed E-state index contributed by atoms with van der Waals surface area (Å²) in [4.78, 5) is 12.8. The molecule has 0 saturated carbocycles. The van der Waals surface area contributed by atoms with E-state index in [9.17, 15) is 4.79 Å². The van der Waals surface area contributed by atoms with E-state index in [-0.39, 0.29) is 5.78 Å². The summed E-state index contributed by atoms with van der Waals surface area (Å²) >= 11 is 21.3. The number of rotatable bonds is 6. The van der Waals surface area contributed by atoms with Crippen molar-refractivity contribution < 1.29 is 9.53 Å². The third-order valence-corrected chi connectivity index (χ3v) is 5.02. The second kappa shape index (κ2) is 8.09. The zero-order valence-corrected chi connectivity index (χ0v) is 17.0. The number of hydrogen-bond acceptors (Lipinski definition) is 2. The highest BCUT2D eigenvalue weighted by molar-refractivity contribution is 9.09. The summed E-state index contributed by atoms with van der Waals surface area (Å²) in [6, 6.07) is 12.1. The van der Waals surface area contributed by atoms with Crippen LogP contribution < -0.4 is 4.74 Å². The molecule has 2 aromatic rings. The standard InChI is InChI=1S/C18H16BrCl3O2/c1-18(2,10-11-3-4-13(21)9-15(11)22)16(23)17(19)24-14-7-5-12(20)6-8-14/h3-9,17H,10H2,1-2H3. The highest BCUT2D eigenvalue weighted by atomic mass is 79.9. The lowest BCUT2D eigenvalue weighted by Crippen LogP contribution is -2.36. The number of benzene rings is 2. The molecule has 128 valence electrons. The van der Waals surface area contributed by atoms with E-state index in [4.69, 9.17) is 39.5 Å². The van der Waals surface area contributed by atoms with E-state index in [0.29, 0.717) is 27.2 Å². The summed E-state index contributed by atoms with van der Waals surface area (Å²) in [6.45, 7) is 3.72. The van der Waals surface area contributed by atoms with Crippen LogP contribution in [-0.4, -0.2) is 10.8 Å². The van der Waals surface area contributed by atoms with Crippen molar-refractivity contribution in [3.8, 4) is 5.75 Å². The van der Waals surface area contributed by atoms with Crippen molar-refractivity contribution in [1.82, 2.24) is 0 Å². The molecule has 0 aliphatic heterocycles. The van der Waals surface area contributed by atoms with Gasteiger partial charge < -0.3 is 4.74 Å². The molecule has 6 heteroatoms. The Labute approximate surface area is 165 Å². The predicted octanol–water partition coefficient (Wildman–Crippen LogP) is 6.58. The van der Waals surface area contributed by atoms with Crippen molar-refractivity contribution in [2.24, 2.45) is 5.41 Å². The van der Waals surface area contributed by atoms with Gasteiger partial charge in [-0.25, -0.2) is 0 Å². The van der Waals surface area contributed by atoms with E-state index in [1.54, 1.807) is 36.4 Å². The first kappa shape index (κ1) is 19.6. The molecule has 1 atom stereocenters. The number of halogens is 4. The average Bonchev–Trinajstić information content (AvgIpc) is 2.51. The highest BCUT2D eigenvalue weighted by Crippen LogP contribution is 2.32. The zero-order chi connectivity index (χ0) is 17.9. The van der Waals surface area contributed by atoms with Gasteiger partial charge in [-0.05, 0) is 64.3 Å². The molecule has 0 heterocycles. The number of ketones is 1. The van der Waals surface area contributed by atoms with Crippen molar-refractivity contribution in [2.45, 2.75) is 25.3 Å². The Morgan fingerprint density at radius 3 is 2.25 bits per heavy atom. The van der Waals surface area contributed by atoms with Crippen LogP contribution in [0.25, 0.3) is 0 Å². The Bertz CT molecular complexity index is 730. The minimum absolute atomic E-state index is 0.0801. The monoisotopic (exact) mass is 448 g/mol. The summed E-state index contributed by atoms with van der Waals surface area (Å²) in [6.07, 6.45) is 0.480. The lowest BCUT2D eigenvalue weighted by Gasteiger charge is -2.26. The van der Waals surface area contributed by atoms with Gasteiger partial charge in [-0.15, -0.1) is 0 Å². The summed E-state index contributed by atoms with van der Waals surface area (Å²) in [5, 5.41) is 0.961. The van der Waals surface area contributed by atoms with E-state index < -0.39 is 10.4 Å². The lowest BCUT2D eigenvalue weighted by molar-refractivity contribution is -0.130. The molecular weight excluding hydrogens is 434 g/mol. The van der Waals surface area contributed by atoms with Gasteiger partial charge in [-0.2, -0.15) is 0 Å². The van der Waals surface area contributed by atoms with Gasteiger partial charge in [0.15, 0.2) is 5.78 Å². The normalized spacial score (nSPS) is 12.8. The number of Topliss-reactive ketones (excluding diaryl/α,β-unsaturated/α-hetero) is 1. The maximum absolute atomic E-state index is 12.8. The molecule has 0 saturated heterocycles. The fourth-order valence-electron chi connectivity index (χ4n) is 2.22. The molecule has 0 N–H and O–H groups in total. The van der Waals surface area contributed by atoms with E-state index >= 15 is 0 Å². The molecule has 24 heavy (non-hydrogen) atoms. The van der Waals surface area contributed by atoms with E-state index in [2.05, 4.69) is 15.9 Å². The van der Waals surface area contributed by atoms with Crippen molar-refractivity contribution in [3.63, 3.8) is 0 Å². The molecule has 0 aromatic heterocycles. The van der Waals surface area contributed by atoms with Crippen molar-refractivity contribution in [2.75, 3.05) is 0 Å². The van der Waals surface area contributed by atoms with E-state index in [1.807, 2.05) is 19.9 Å². The first-order valence-electron chi connectivity index (χ1n) is 7.23. The van der Waals surface area contributed by atoms with Crippen LogP contribution in [0.5, 0.6) is 5.75 Å². The second-order valence-electron chi connectivity index (χ2n) is 6.05. The van der Waals surface area contributed by atoms with Crippen molar-refractivity contribution >= 4 is 56.5 Å². The van der Waals surface area contributed by atoms with E-state index in [0.717, 1.165) is 5.56 Å². The fourth-order valence-corrected chi connectivity index (χ4v) is 3.66. The summed E-state index contributed by atoms with van der Waals surface area (Å²) in [7, 11) is 0. The lowest BCUT2D eigenvalue weighted by atomic mass is 9.82. The van der Waals surface area contributed by atoms with Crippen LogP contribution in [0.1, 0.15) is 19.4 Å². The largest absolute Gasteiger partial charge is 0.471 e. The SMILES string of the molecule is CC(C)(Cc1ccc(Cl)cc1Cl)C(=O)C(Br)Oc1ccc(Cl)cc1. The van der Waals surface area contributed by atoms with Gasteiger partial charge in [0, 0.05) is 20.5 Å². The summed E-state index contributed by atoms with van der Waals surface area (Å²) < 4.78 is 5.66. The predicted molar refractivity (Wildman–Crippen MR) is 104 cm³/mol. The topological polar surface area (TPSA) is 26.3 Å². The minimum atomic E-state index is -0.764. The van der Waals surface area contributed by atoms with Crippen molar-refractivity contribution in [1.29, 1.82) is 0 Å². The Morgan fingerprint density at radius 2 is 1.67 bits per heavy atom. The molecular formula is C18H16BrCl3O2. The molecule has 0 amide bonds. The van der Waals surface area contributed by atoms with E-state index in [1.165, 1.54) is 0 Å². The minimum Gasteiger partial charge on any atom is -0.471 e. The van der Waals surface area contributed by atoms with Crippen LogP contribution in [0.2, 0.25) is 15.1 Å². The van der Waals surface area contributed by atoms with Gasteiger partial charge in [-0.1, -0.05) is 54.7 Å². The average molecular weight is 451 g/mol. The number of ether oxygens (including phenoxy) is 1. The first-order chi connectivity index (χ1) is 11.2. The van der Waals surface area contributed by atoms with Gasteiger partial charge in [0.05, 0.1) is 0 Å². The molecule has 0 aliphatic rings. The summed E-state index contributed by atoms with van der Waals surface area (Å²) in [5.41, 5.74) is 0.198. The van der Waals surface area contributed by atoms with Gasteiger partial charge in [0.2, 0.25) is 5.01 Å². The van der Waals surface area contributed by atoms with Gasteiger partial charge in [0.1, 0.15) is 5.75 Å². The Hall–Kier alpha value is -0.740. The maximum atomic E-state index is 12.8. The van der Waals surface area contributed by atoms with Crippen LogP contribution in [-0.2, 0) is 11.2 Å². The molecule has 0 bridgehead atoms. The number of carbonyl (C=O) groups excluding carboxylic acids is 1. The second-order valence-corrected chi connectivity index (χ2v) is 8.16. The highest BCUT2D eigenvalue weighted by Gasteiger charge is 2.34. The van der Waals surface area contributed by atoms with Gasteiger partial charge in [0.25, 0.3) is 0 Å². The van der Waals surface area contributed by atoms with Gasteiger partial charge in [-0.3, -0.25) is 4.79 Å². The molecule has 2 aromatic carbocycles. The number of carbonyl (C=O) groups is 1. The molecule has 0 fully saturated rings. The van der Waals surface area contributed by atoms with Crippen LogP contribution in [0.4, 0.5) is 0 Å². The molecule has 0 radical (unpaired) electrons. The Morgan fingerprint density at radius 1 is 1.08 bits per heavy atom. The third-order valence-electron chi connectivity index (χ3n) is 3.57. The third kappa shape index (κ3) is 5.13. The number of alkyl halides is 1. The Kier molecular flexibility index (Phi) is 6.60. The quantitative estimate of drug-likeness (QED) is 0.465. The molecule has 2 rings (SSSR count). The van der Waals surface area contributed by atoms with Crippen molar-refractivity contribution in [3.05, 3.63) is 63.1 Å². The molecule has 0 spiro atoms.